The Balaban J connectivity index is 1.95. The van der Waals surface area contributed by atoms with Crippen molar-refractivity contribution < 1.29 is 0 Å². The molecule has 0 aromatic carbocycles. The Hall–Kier alpha value is -0.350. The Labute approximate surface area is 93.4 Å². The zero-order chi connectivity index (χ0) is 9.97. The molecule has 0 bridgehead atoms. The number of rotatable bonds is 3. The molecule has 1 aromatic rings. The molecule has 1 aliphatic rings. The lowest BCUT2D eigenvalue weighted by atomic mass is 10.1. The molecule has 3 nitrogen and oxygen atoms in total. The average molecular weight is 232 g/mol. The van der Waals surface area contributed by atoms with Gasteiger partial charge in [-0.15, -0.1) is 0 Å². The molecule has 0 saturated heterocycles. The van der Waals surface area contributed by atoms with E-state index in [2.05, 4.69) is 13.6 Å². The fourth-order valence-corrected chi connectivity index (χ4v) is 2.89. The first-order chi connectivity index (χ1) is 6.77. The van der Waals surface area contributed by atoms with Crippen molar-refractivity contribution in [1.29, 1.82) is 0 Å². The van der Waals surface area contributed by atoms with Crippen molar-refractivity contribution in [1.82, 2.24) is 8.75 Å². The lowest BCUT2D eigenvalue weighted by Crippen LogP contribution is -2.24. The summed E-state index contributed by atoms with van der Waals surface area (Å²) in [5.74, 6) is 1.65. The van der Waals surface area contributed by atoms with Gasteiger partial charge in [0.1, 0.15) is 0 Å². The van der Waals surface area contributed by atoms with Crippen LogP contribution in [0.1, 0.15) is 25.7 Å². The number of hydrogen-bond donors (Lipinski definition) is 0. The number of nitrogens with zero attached hydrogens (tertiary/aromatic N) is 3. The van der Waals surface area contributed by atoms with E-state index in [1.807, 2.05) is 7.05 Å². The predicted octanol–water partition coefficient (Wildman–Crippen LogP) is 2.82. The van der Waals surface area contributed by atoms with Crippen LogP contribution in [0.4, 0.5) is 5.82 Å². The van der Waals surface area contributed by atoms with E-state index >= 15 is 0 Å². The third kappa shape index (κ3) is 2.17. The zero-order valence-electron chi connectivity index (χ0n) is 8.24. The van der Waals surface area contributed by atoms with Gasteiger partial charge in [-0.2, -0.15) is 8.75 Å². The average Bonchev–Trinajstić information content (AvgIpc) is 2.75. The van der Waals surface area contributed by atoms with Crippen LogP contribution in [0.25, 0.3) is 0 Å². The zero-order valence-corrected chi connectivity index (χ0v) is 9.81. The minimum atomic E-state index is 0.537. The summed E-state index contributed by atoms with van der Waals surface area (Å²) in [5.41, 5.74) is 0. The monoisotopic (exact) mass is 231 g/mol. The molecular formula is C9H14ClN3S. The van der Waals surface area contributed by atoms with Crippen LogP contribution in [0.2, 0.25) is 5.15 Å². The molecule has 1 heterocycles. The number of halogens is 1. The van der Waals surface area contributed by atoms with Gasteiger partial charge in [0, 0.05) is 13.6 Å². The fourth-order valence-electron chi connectivity index (χ4n) is 2.07. The van der Waals surface area contributed by atoms with Crippen LogP contribution in [-0.4, -0.2) is 22.3 Å². The van der Waals surface area contributed by atoms with Gasteiger partial charge in [0.15, 0.2) is 11.0 Å². The van der Waals surface area contributed by atoms with Crippen molar-refractivity contribution >= 4 is 29.1 Å². The quantitative estimate of drug-likeness (QED) is 0.801. The third-order valence-electron chi connectivity index (χ3n) is 2.80. The Morgan fingerprint density at radius 2 is 2.14 bits per heavy atom. The van der Waals surface area contributed by atoms with E-state index in [4.69, 9.17) is 11.6 Å². The highest BCUT2D eigenvalue weighted by atomic mass is 35.5. The SMILES string of the molecule is CN(CC1CCCC1)c1nsnc1Cl. The van der Waals surface area contributed by atoms with Crippen molar-refractivity contribution in [3.8, 4) is 0 Å². The fraction of sp³-hybridized carbons (Fsp3) is 0.778. The van der Waals surface area contributed by atoms with Gasteiger partial charge in [-0.25, -0.2) is 0 Å². The van der Waals surface area contributed by atoms with Crippen molar-refractivity contribution in [2.24, 2.45) is 5.92 Å². The van der Waals surface area contributed by atoms with Gasteiger partial charge in [-0.3, -0.25) is 0 Å². The van der Waals surface area contributed by atoms with E-state index in [0.717, 1.165) is 18.3 Å². The number of hydrogen-bond acceptors (Lipinski definition) is 4. The van der Waals surface area contributed by atoms with Gasteiger partial charge in [0.25, 0.3) is 0 Å². The molecule has 14 heavy (non-hydrogen) atoms. The molecule has 1 saturated carbocycles. The Morgan fingerprint density at radius 3 is 2.71 bits per heavy atom. The molecule has 1 aromatic heterocycles. The van der Waals surface area contributed by atoms with Crippen LogP contribution in [0.15, 0.2) is 0 Å². The van der Waals surface area contributed by atoms with E-state index in [9.17, 15) is 0 Å². The minimum Gasteiger partial charge on any atom is -0.356 e. The molecule has 5 heteroatoms. The highest BCUT2D eigenvalue weighted by Crippen LogP contribution is 2.28. The summed E-state index contributed by atoms with van der Waals surface area (Å²) in [4.78, 5) is 2.13. The van der Waals surface area contributed by atoms with E-state index in [-0.39, 0.29) is 0 Å². The molecule has 0 N–H and O–H groups in total. The van der Waals surface area contributed by atoms with Crippen LogP contribution in [-0.2, 0) is 0 Å². The molecule has 78 valence electrons. The first-order valence-electron chi connectivity index (χ1n) is 4.96. The second-order valence-corrected chi connectivity index (χ2v) is 4.80. The van der Waals surface area contributed by atoms with Gasteiger partial charge in [0.2, 0.25) is 0 Å². The molecule has 0 radical (unpaired) electrons. The summed E-state index contributed by atoms with van der Waals surface area (Å²) < 4.78 is 8.15. The molecule has 0 spiro atoms. The van der Waals surface area contributed by atoms with E-state index in [0.29, 0.717) is 5.15 Å². The smallest absolute Gasteiger partial charge is 0.187 e. The van der Waals surface area contributed by atoms with Gasteiger partial charge in [0.05, 0.1) is 11.7 Å². The molecular weight excluding hydrogens is 218 g/mol. The molecule has 1 fully saturated rings. The second-order valence-electron chi connectivity index (χ2n) is 3.91. The number of anilines is 1. The summed E-state index contributed by atoms with van der Waals surface area (Å²) in [6.45, 7) is 1.06. The topological polar surface area (TPSA) is 29.0 Å². The van der Waals surface area contributed by atoms with Crippen LogP contribution >= 0.6 is 23.3 Å². The molecule has 2 rings (SSSR count). The summed E-state index contributed by atoms with van der Waals surface area (Å²) >= 11 is 7.09. The highest BCUT2D eigenvalue weighted by Gasteiger charge is 2.19. The second kappa shape index (κ2) is 4.45. The van der Waals surface area contributed by atoms with Crippen LogP contribution in [0.3, 0.4) is 0 Å². The van der Waals surface area contributed by atoms with Gasteiger partial charge in [-0.1, -0.05) is 24.4 Å². The summed E-state index contributed by atoms with van der Waals surface area (Å²) in [6.07, 6.45) is 5.45. The number of aromatic nitrogens is 2. The Morgan fingerprint density at radius 1 is 1.43 bits per heavy atom. The van der Waals surface area contributed by atoms with E-state index in [1.54, 1.807) is 0 Å². The third-order valence-corrected chi connectivity index (χ3v) is 3.67. The van der Waals surface area contributed by atoms with Crippen molar-refractivity contribution in [2.45, 2.75) is 25.7 Å². The van der Waals surface area contributed by atoms with Crippen molar-refractivity contribution in [3.05, 3.63) is 5.15 Å². The van der Waals surface area contributed by atoms with Gasteiger partial charge < -0.3 is 4.90 Å². The highest BCUT2D eigenvalue weighted by molar-refractivity contribution is 6.99. The summed E-state index contributed by atoms with van der Waals surface area (Å²) in [5, 5.41) is 0.537. The van der Waals surface area contributed by atoms with Crippen molar-refractivity contribution in [2.75, 3.05) is 18.5 Å². The standard InChI is InChI=1S/C9H14ClN3S/c1-13(6-7-4-2-3-5-7)9-8(10)11-14-12-9/h7H,2-6H2,1H3. The van der Waals surface area contributed by atoms with Gasteiger partial charge >= 0.3 is 0 Å². The maximum Gasteiger partial charge on any atom is 0.187 e. The lowest BCUT2D eigenvalue weighted by molar-refractivity contribution is 0.545. The van der Waals surface area contributed by atoms with Crippen LogP contribution in [0, 0.1) is 5.92 Å². The maximum atomic E-state index is 5.92. The molecule has 0 aliphatic heterocycles. The Bertz CT molecular complexity index is 296. The molecule has 0 unspecified atom stereocenters. The van der Waals surface area contributed by atoms with Crippen LogP contribution < -0.4 is 4.90 Å². The summed E-state index contributed by atoms with van der Waals surface area (Å²) in [7, 11) is 2.04. The molecule has 1 aliphatic carbocycles. The maximum absolute atomic E-state index is 5.92. The summed E-state index contributed by atoms with van der Waals surface area (Å²) in [6, 6.07) is 0. The van der Waals surface area contributed by atoms with Crippen LogP contribution in [0.5, 0.6) is 0 Å². The minimum absolute atomic E-state index is 0.537. The predicted molar refractivity (Wildman–Crippen MR) is 60.1 cm³/mol. The normalized spacial score (nSPS) is 17.6. The lowest BCUT2D eigenvalue weighted by Gasteiger charge is -2.20. The Kier molecular flexibility index (Phi) is 3.23. The van der Waals surface area contributed by atoms with E-state index < -0.39 is 0 Å². The van der Waals surface area contributed by atoms with Crippen molar-refractivity contribution in [3.63, 3.8) is 0 Å². The first-order valence-corrected chi connectivity index (χ1v) is 6.07. The first kappa shape index (κ1) is 10.2. The largest absolute Gasteiger partial charge is 0.356 e. The molecule has 0 amide bonds. The van der Waals surface area contributed by atoms with E-state index in [1.165, 1.54) is 37.4 Å². The molecule has 0 atom stereocenters. The van der Waals surface area contributed by atoms with Gasteiger partial charge in [-0.05, 0) is 18.8 Å².